The summed E-state index contributed by atoms with van der Waals surface area (Å²) in [6.07, 6.45) is 7.62. The zero-order valence-corrected chi connectivity index (χ0v) is 7.39. The van der Waals surface area contributed by atoms with E-state index in [2.05, 4.69) is 19.9 Å². The normalized spacial score (nSPS) is 31.3. The third-order valence-corrected chi connectivity index (χ3v) is 2.46. The molecular weight excluding hydrogens is 136 g/mol. The minimum absolute atomic E-state index is 0.171. The molecule has 0 spiro atoms. The first-order chi connectivity index (χ1) is 5.16. The zero-order chi connectivity index (χ0) is 8.32. The molecule has 0 radical (unpaired) electrons. The Hall–Kier alpha value is -0.590. The molecule has 0 saturated carbocycles. The molecule has 0 aliphatic heterocycles. The van der Waals surface area contributed by atoms with E-state index in [1.165, 1.54) is 24.8 Å². The highest BCUT2D eigenvalue weighted by molar-refractivity contribution is 5.51. The van der Waals surface area contributed by atoms with Crippen LogP contribution >= 0.6 is 0 Å². The molecule has 1 aliphatic rings. The Balaban J connectivity index is 2.68. The van der Waals surface area contributed by atoms with E-state index in [1.807, 2.05) is 0 Å². The van der Waals surface area contributed by atoms with Crippen LogP contribution in [0.25, 0.3) is 0 Å². The van der Waals surface area contributed by atoms with E-state index in [9.17, 15) is 4.79 Å². The summed E-state index contributed by atoms with van der Waals surface area (Å²) in [5, 5.41) is 0. The lowest BCUT2D eigenvalue weighted by atomic mass is 9.76. The minimum atomic E-state index is 0.171. The van der Waals surface area contributed by atoms with Crippen molar-refractivity contribution in [3.63, 3.8) is 0 Å². The molecule has 0 aromatic rings. The van der Waals surface area contributed by atoms with E-state index in [-0.39, 0.29) is 5.41 Å². The maximum absolute atomic E-state index is 10.4. The number of carbonyl (C=O) groups excluding carboxylic acids is 1. The first-order valence-corrected chi connectivity index (χ1v) is 4.28. The lowest BCUT2D eigenvalue weighted by molar-refractivity contribution is -0.109. The summed E-state index contributed by atoms with van der Waals surface area (Å²) < 4.78 is 0. The van der Waals surface area contributed by atoms with Crippen LogP contribution in [0.15, 0.2) is 11.6 Å². The maximum atomic E-state index is 10.4. The Morgan fingerprint density at radius 3 is 3.00 bits per heavy atom. The lowest BCUT2D eigenvalue weighted by Crippen LogP contribution is -2.17. The Labute approximate surface area is 68.5 Å². The van der Waals surface area contributed by atoms with Crippen LogP contribution in [-0.2, 0) is 4.79 Å². The van der Waals surface area contributed by atoms with Crippen molar-refractivity contribution in [3.05, 3.63) is 11.6 Å². The Morgan fingerprint density at radius 2 is 2.45 bits per heavy atom. The van der Waals surface area contributed by atoms with E-state index >= 15 is 0 Å². The van der Waals surface area contributed by atoms with Crippen LogP contribution < -0.4 is 0 Å². The first kappa shape index (κ1) is 8.51. The summed E-state index contributed by atoms with van der Waals surface area (Å²) in [6, 6.07) is 0. The Morgan fingerprint density at radius 1 is 1.73 bits per heavy atom. The van der Waals surface area contributed by atoms with Crippen LogP contribution in [0.1, 0.15) is 39.5 Å². The molecule has 0 N–H and O–H groups in total. The van der Waals surface area contributed by atoms with Gasteiger partial charge in [-0.05, 0) is 31.6 Å². The number of hydrogen-bond acceptors (Lipinski definition) is 1. The van der Waals surface area contributed by atoms with Crippen molar-refractivity contribution in [1.29, 1.82) is 0 Å². The van der Waals surface area contributed by atoms with Crippen molar-refractivity contribution in [1.82, 2.24) is 0 Å². The largest absolute Gasteiger partial charge is 0.303 e. The zero-order valence-electron chi connectivity index (χ0n) is 7.39. The van der Waals surface area contributed by atoms with Gasteiger partial charge in [-0.3, -0.25) is 0 Å². The Bertz CT molecular complexity index is 181. The molecule has 62 valence electrons. The topological polar surface area (TPSA) is 17.1 Å². The number of allylic oxidation sites excluding steroid dienone is 2. The molecule has 0 aromatic carbocycles. The number of carbonyl (C=O) groups is 1. The van der Waals surface area contributed by atoms with Gasteiger partial charge in [0.25, 0.3) is 0 Å². The van der Waals surface area contributed by atoms with Crippen LogP contribution in [0.5, 0.6) is 0 Å². The monoisotopic (exact) mass is 152 g/mol. The van der Waals surface area contributed by atoms with Gasteiger partial charge in [-0.1, -0.05) is 18.6 Å². The number of hydrogen-bond donors (Lipinski definition) is 0. The molecule has 1 nitrogen and oxygen atoms in total. The molecule has 0 saturated heterocycles. The molecule has 0 heterocycles. The number of rotatable bonds is 2. The van der Waals surface area contributed by atoms with E-state index in [0.29, 0.717) is 6.42 Å². The molecule has 1 heteroatoms. The van der Waals surface area contributed by atoms with Gasteiger partial charge in [0, 0.05) is 6.42 Å². The third-order valence-electron chi connectivity index (χ3n) is 2.46. The molecule has 1 atom stereocenters. The predicted molar refractivity (Wildman–Crippen MR) is 46.4 cm³/mol. The van der Waals surface area contributed by atoms with Crippen LogP contribution in [0.4, 0.5) is 0 Å². The smallest absolute Gasteiger partial charge is 0.120 e. The molecule has 0 amide bonds. The summed E-state index contributed by atoms with van der Waals surface area (Å²) in [4.78, 5) is 10.4. The predicted octanol–water partition coefficient (Wildman–Crippen LogP) is 2.71. The van der Waals surface area contributed by atoms with E-state index < -0.39 is 0 Å². The van der Waals surface area contributed by atoms with Crippen molar-refractivity contribution in [2.75, 3.05) is 0 Å². The van der Waals surface area contributed by atoms with Crippen molar-refractivity contribution in [2.45, 2.75) is 39.5 Å². The molecule has 0 fully saturated rings. The van der Waals surface area contributed by atoms with Crippen LogP contribution in [-0.4, -0.2) is 6.29 Å². The van der Waals surface area contributed by atoms with Crippen LogP contribution in [0.3, 0.4) is 0 Å². The fraction of sp³-hybridized carbons (Fsp3) is 0.700. The molecule has 1 rings (SSSR count). The van der Waals surface area contributed by atoms with Crippen molar-refractivity contribution >= 4 is 6.29 Å². The van der Waals surface area contributed by atoms with Crippen LogP contribution in [0, 0.1) is 5.41 Å². The van der Waals surface area contributed by atoms with Gasteiger partial charge in [-0.25, -0.2) is 0 Å². The molecule has 0 aromatic heterocycles. The molecule has 11 heavy (non-hydrogen) atoms. The van der Waals surface area contributed by atoms with Gasteiger partial charge in [0.15, 0.2) is 0 Å². The fourth-order valence-corrected chi connectivity index (χ4v) is 1.86. The van der Waals surface area contributed by atoms with Crippen LogP contribution in [0.2, 0.25) is 0 Å². The first-order valence-electron chi connectivity index (χ1n) is 4.28. The van der Waals surface area contributed by atoms with E-state index in [0.717, 1.165) is 6.29 Å². The highest BCUT2D eigenvalue weighted by Gasteiger charge is 2.23. The van der Waals surface area contributed by atoms with Crippen molar-refractivity contribution in [2.24, 2.45) is 5.41 Å². The van der Waals surface area contributed by atoms with Crippen molar-refractivity contribution in [3.8, 4) is 0 Å². The van der Waals surface area contributed by atoms with Gasteiger partial charge in [0.05, 0.1) is 0 Å². The van der Waals surface area contributed by atoms with Gasteiger partial charge < -0.3 is 4.79 Å². The van der Waals surface area contributed by atoms with E-state index in [4.69, 9.17) is 0 Å². The number of aldehydes is 1. The Kier molecular flexibility index (Phi) is 2.48. The molecule has 1 unspecified atom stereocenters. The summed E-state index contributed by atoms with van der Waals surface area (Å²) >= 11 is 0. The van der Waals surface area contributed by atoms with Gasteiger partial charge in [-0.2, -0.15) is 0 Å². The fourth-order valence-electron chi connectivity index (χ4n) is 1.86. The standard InChI is InChI=1S/C10H16O/c1-9-4-3-5-10(2,8-9)6-7-11/h7-8H,3-6H2,1-2H3. The maximum Gasteiger partial charge on any atom is 0.120 e. The van der Waals surface area contributed by atoms with E-state index in [1.54, 1.807) is 0 Å². The quantitative estimate of drug-likeness (QED) is 0.439. The average Bonchev–Trinajstić information content (AvgIpc) is 1.86. The van der Waals surface area contributed by atoms with Gasteiger partial charge in [0.2, 0.25) is 0 Å². The lowest BCUT2D eigenvalue weighted by Gasteiger charge is -2.28. The van der Waals surface area contributed by atoms with Crippen molar-refractivity contribution < 1.29 is 4.79 Å². The SMILES string of the molecule is CC1=CC(C)(CC=O)CCC1. The highest BCUT2D eigenvalue weighted by atomic mass is 16.1. The molecule has 1 aliphatic carbocycles. The summed E-state index contributed by atoms with van der Waals surface area (Å²) in [6.45, 7) is 4.33. The second-order valence-electron chi connectivity index (χ2n) is 3.87. The second-order valence-corrected chi connectivity index (χ2v) is 3.87. The molecule has 0 bridgehead atoms. The summed E-state index contributed by atoms with van der Waals surface area (Å²) in [5.41, 5.74) is 1.62. The van der Waals surface area contributed by atoms with Gasteiger partial charge in [0.1, 0.15) is 6.29 Å². The van der Waals surface area contributed by atoms with Gasteiger partial charge >= 0.3 is 0 Å². The highest BCUT2D eigenvalue weighted by Crippen LogP contribution is 2.35. The summed E-state index contributed by atoms with van der Waals surface area (Å²) in [5.74, 6) is 0. The summed E-state index contributed by atoms with van der Waals surface area (Å²) in [7, 11) is 0. The minimum Gasteiger partial charge on any atom is -0.303 e. The molecular formula is C10H16O. The second kappa shape index (κ2) is 3.21. The van der Waals surface area contributed by atoms with Gasteiger partial charge in [-0.15, -0.1) is 0 Å². The average molecular weight is 152 g/mol. The third kappa shape index (κ3) is 2.18.